The second-order valence-electron chi connectivity index (χ2n) is 11.9. The van der Waals surface area contributed by atoms with Gasteiger partial charge in [0.05, 0.1) is 13.2 Å². The number of cyclic esters (lactones) is 1. The third-order valence-electron chi connectivity index (χ3n) is 9.59. The van der Waals surface area contributed by atoms with Crippen molar-refractivity contribution in [3.63, 3.8) is 0 Å². The predicted octanol–water partition coefficient (Wildman–Crippen LogP) is 3.44. The lowest BCUT2D eigenvalue weighted by molar-refractivity contribution is -0.173. The molecule has 10 heteroatoms. The minimum atomic E-state index is -0.979. The SMILES string of the molecule is COC(=O)O[C@H](C)[C@H]1OC(=O)[C@@H](OC)CC2C=C[C@H]3[C@H]4O[C@]2(/C(C)=C/[C@H]1C)[C@@H]3[C@H](O)[C@@H](C)[C@H]4OC(=O)C1=CC=CC1. The maximum absolute atomic E-state index is 13.4. The first-order valence-corrected chi connectivity index (χ1v) is 14.3. The Morgan fingerprint density at radius 2 is 1.95 bits per heavy atom. The summed E-state index contributed by atoms with van der Waals surface area (Å²) < 4.78 is 34.5. The maximum atomic E-state index is 13.4. The molecule has 0 radical (unpaired) electrons. The van der Waals surface area contributed by atoms with Crippen LogP contribution in [0.1, 0.15) is 40.5 Å². The van der Waals surface area contributed by atoms with Gasteiger partial charge in [0.25, 0.3) is 0 Å². The lowest BCUT2D eigenvalue weighted by Gasteiger charge is -2.48. The van der Waals surface area contributed by atoms with E-state index in [-0.39, 0.29) is 30.1 Å². The summed E-state index contributed by atoms with van der Waals surface area (Å²) in [7, 11) is 2.66. The molecule has 1 spiro atoms. The van der Waals surface area contributed by atoms with E-state index in [4.69, 9.17) is 23.7 Å². The molecule has 5 aliphatic rings. The van der Waals surface area contributed by atoms with E-state index in [2.05, 4.69) is 4.74 Å². The first kappa shape index (κ1) is 29.5. The minimum absolute atomic E-state index is 0.196. The molecule has 10 nitrogen and oxygen atoms in total. The highest BCUT2D eigenvalue weighted by atomic mass is 16.7. The molecule has 2 aliphatic heterocycles. The number of rotatable bonds is 5. The third kappa shape index (κ3) is 4.93. The molecule has 2 fully saturated rings. The maximum Gasteiger partial charge on any atom is 0.508 e. The summed E-state index contributed by atoms with van der Waals surface area (Å²) in [6.07, 6.45) is 6.84. The van der Waals surface area contributed by atoms with Gasteiger partial charge in [0.15, 0.2) is 6.10 Å². The van der Waals surface area contributed by atoms with Crippen molar-refractivity contribution in [3.8, 4) is 0 Å². The van der Waals surface area contributed by atoms with Crippen molar-refractivity contribution in [2.45, 2.75) is 82.8 Å². The highest BCUT2D eigenvalue weighted by molar-refractivity contribution is 5.90. The molecular formula is C31H40O10. The van der Waals surface area contributed by atoms with Gasteiger partial charge in [0.1, 0.15) is 30.0 Å². The highest BCUT2D eigenvalue weighted by Crippen LogP contribution is 2.61. The number of hydrogen-bond donors (Lipinski definition) is 1. The number of carbonyl (C=O) groups is 3. The molecule has 5 rings (SSSR count). The molecule has 3 aliphatic carbocycles. The lowest BCUT2D eigenvalue weighted by atomic mass is 9.57. The fourth-order valence-corrected chi connectivity index (χ4v) is 7.55. The summed E-state index contributed by atoms with van der Waals surface area (Å²) in [6.45, 7) is 7.36. The van der Waals surface area contributed by atoms with Crippen LogP contribution in [0.3, 0.4) is 0 Å². The molecule has 4 bridgehead atoms. The largest absolute Gasteiger partial charge is 0.508 e. The van der Waals surface area contributed by atoms with Crippen molar-refractivity contribution in [2.24, 2.45) is 29.6 Å². The van der Waals surface area contributed by atoms with E-state index in [1.54, 1.807) is 13.0 Å². The lowest BCUT2D eigenvalue weighted by Crippen LogP contribution is -2.57. The van der Waals surface area contributed by atoms with Crippen LogP contribution in [-0.2, 0) is 38.0 Å². The van der Waals surface area contributed by atoms with Crippen molar-refractivity contribution >= 4 is 18.1 Å². The van der Waals surface area contributed by atoms with Crippen LogP contribution in [0.4, 0.5) is 4.79 Å². The number of allylic oxidation sites excluding steroid dienone is 3. The number of carbonyl (C=O) groups excluding carboxylic acids is 3. The zero-order valence-corrected chi connectivity index (χ0v) is 24.4. The van der Waals surface area contributed by atoms with Gasteiger partial charge >= 0.3 is 18.1 Å². The predicted molar refractivity (Wildman–Crippen MR) is 145 cm³/mol. The van der Waals surface area contributed by atoms with Gasteiger partial charge in [-0.25, -0.2) is 14.4 Å². The molecule has 1 saturated carbocycles. The van der Waals surface area contributed by atoms with E-state index in [9.17, 15) is 19.5 Å². The molecule has 12 atom stereocenters. The monoisotopic (exact) mass is 572 g/mol. The summed E-state index contributed by atoms with van der Waals surface area (Å²) in [5.41, 5.74) is 0.453. The summed E-state index contributed by atoms with van der Waals surface area (Å²) in [6, 6.07) is 0. The van der Waals surface area contributed by atoms with Gasteiger partial charge in [-0.2, -0.15) is 0 Å². The number of aliphatic hydroxyl groups excluding tert-OH is 1. The average Bonchev–Trinajstić information content (AvgIpc) is 3.55. The minimum Gasteiger partial charge on any atom is -0.456 e. The van der Waals surface area contributed by atoms with Crippen LogP contribution in [0.25, 0.3) is 0 Å². The smallest absolute Gasteiger partial charge is 0.456 e. The van der Waals surface area contributed by atoms with E-state index in [1.807, 2.05) is 51.2 Å². The number of aliphatic hydroxyl groups is 1. The van der Waals surface area contributed by atoms with Crippen molar-refractivity contribution in [2.75, 3.05) is 14.2 Å². The van der Waals surface area contributed by atoms with Crippen molar-refractivity contribution in [1.29, 1.82) is 0 Å². The summed E-state index contributed by atoms with van der Waals surface area (Å²) in [4.78, 5) is 38.2. The van der Waals surface area contributed by atoms with Gasteiger partial charge in [-0.1, -0.05) is 50.3 Å². The molecule has 1 unspecified atom stereocenters. The van der Waals surface area contributed by atoms with Gasteiger partial charge in [-0.15, -0.1) is 0 Å². The van der Waals surface area contributed by atoms with E-state index in [0.717, 1.165) is 5.57 Å². The molecule has 0 aromatic carbocycles. The molecule has 0 amide bonds. The second kappa shape index (κ2) is 11.4. The Morgan fingerprint density at radius 3 is 2.61 bits per heavy atom. The standard InChI is InChI=1S/C31H40O10/c1-15-13-16(2)31-20(14-22(36-5)29(34)39-25(15)18(4)38-30(35)37-6)11-12-21-23(31)24(32)17(3)26(27(21)41-31)40-28(33)19-9-7-8-10-19/h7-9,11-13,15,17-18,20-27,32H,10,14H2,1-6H3/b16-13+/t15-,17-,18-,20?,21-,22+,23+,24-,25+,26-,27-,31+/m1/s1. The Kier molecular flexibility index (Phi) is 8.20. The average molecular weight is 573 g/mol. The molecule has 224 valence electrons. The Bertz CT molecular complexity index is 1190. The summed E-state index contributed by atoms with van der Waals surface area (Å²) >= 11 is 0. The zero-order chi connectivity index (χ0) is 29.6. The summed E-state index contributed by atoms with van der Waals surface area (Å²) in [5.74, 6) is -2.62. The fourth-order valence-electron chi connectivity index (χ4n) is 7.55. The molecular weight excluding hydrogens is 532 g/mol. The van der Waals surface area contributed by atoms with E-state index in [0.29, 0.717) is 12.0 Å². The van der Waals surface area contributed by atoms with Gasteiger partial charge in [-0.05, 0) is 32.3 Å². The van der Waals surface area contributed by atoms with Gasteiger partial charge in [0, 0.05) is 42.3 Å². The molecule has 1 saturated heterocycles. The van der Waals surface area contributed by atoms with Crippen LogP contribution in [0.15, 0.2) is 47.6 Å². The molecule has 0 aromatic heterocycles. The Labute approximate surface area is 240 Å². The van der Waals surface area contributed by atoms with Crippen LogP contribution in [0.2, 0.25) is 0 Å². The number of hydrogen-bond acceptors (Lipinski definition) is 10. The Morgan fingerprint density at radius 1 is 1.20 bits per heavy atom. The van der Waals surface area contributed by atoms with Crippen molar-refractivity contribution in [1.82, 2.24) is 0 Å². The second-order valence-corrected chi connectivity index (χ2v) is 11.9. The molecule has 41 heavy (non-hydrogen) atoms. The Hall–Kier alpha value is -2.95. The third-order valence-corrected chi connectivity index (χ3v) is 9.59. The van der Waals surface area contributed by atoms with Crippen LogP contribution in [-0.4, -0.2) is 79.6 Å². The topological polar surface area (TPSA) is 127 Å². The van der Waals surface area contributed by atoms with Gasteiger partial charge in [-0.3, -0.25) is 0 Å². The van der Waals surface area contributed by atoms with Crippen LogP contribution in [0, 0.1) is 29.6 Å². The van der Waals surface area contributed by atoms with Crippen LogP contribution < -0.4 is 0 Å². The fraction of sp³-hybridized carbons (Fsp3) is 0.645. The molecule has 0 aromatic rings. The molecule has 1 N–H and O–H groups in total. The number of ether oxygens (including phenoxy) is 6. The number of methoxy groups -OCH3 is 2. The van der Waals surface area contributed by atoms with Crippen LogP contribution >= 0.6 is 0 Å². The zero-order valence-electron chi connectivity index (χ0n) is 24.4. The normalized spacial score (nSPS) is 43.1. The highest BCUT2D eigenvalue weighted by Gasteiger charge is 2.69. The van der Waals surface area contributed by atoms with Gasteiger partial charge in [0.2, 0.25) is 0 Å². The van der Waals surface area contributed by atoms with Crippen molar-refractivity contribution in [3.05, 3.63) is 47.6 Å². The van der Waals surface area contributed by atoms with Gasteiger partial charge < -0.3 is 33.5 Å². The van der Waals surface area contributed by atoms with E-state index >= 15 is 0 Å². The summed E-state index contributed by atoms with van der Waals surface area (Å²) in [5, 5.41) is 11.8. The number of esters is 2. The first-order chi connectivity index (χ1) is 19.5. The Balaban J connectivity index is 1.54. The van der Waals surface area contributed by atoms with Crippen LogP contribution in [0.5, 0.6) is 0 Å². The molecule has 2 heterocycles. The van der Waals surface area contributed by atoms with E-state index < -0.39 is 66.2 Å². The first-order valence-electron chi connectivity index (χ1n) is 14.3. The van der Waals surface area contributed by atoms with Crippen molar-refractivity contribution < 1.29 is 47.9 Å². The van der Waals surface area contributed by atoms with E-state index in [1.165, 1.54) is 14.2 Å². The quantitative estimate of drug-likeness (QED) is 0.297.